The summed E-state index contributed by atoms with van der Waals surface area (Å²) in [5.74, 6) is 0.483. The van der Waals surface area contributed by atoms with E-state index >= 15 is 0 Å². The van der Waals surface area contributed by atoms with Crippen LogP contribution >= 0.6 is 8.60 Å². The van der Waals surface area contributed by atoms with Crippen LogP contribution in [0.3, 0.4) is 0 Å². The fourth-order valence-corrected chi connectivity index (χ4v) is 5.11. The molecule has 41 heavy (non-hydrogen) atoms. The molecule has 0 radical (unpaired) electrons. The van der Waals surface area contributed by atoms with Crippen molar-refractivity contribution in [3.05, 3.63) is 29.8 Å². The predicted molar refractivity (Wildman–Crippen MR) is 170 cm³/mol. The zero-order valence-electron chi connectivity index (χ0n) is 26.9. The van der Waals surface area contributed by atoms with Crippen molar-refractivity contribution in [1.29, 1.82) is 0 Å². The third kappa shape index (κ3) is 22.0. The normalized spacial score (nSPS) is 13.2. The number of rotatable bonds is 27. The number of ether oxygens (including phenoxy) is 2. The van der Waals surface area contributed by atoms with E-state index in [1.807, 2.05) is 18.2 Å². The molecule has 1 N–H and O–H groups in total. The minimum absolute atomic E-state index is 0.0133. The summed E-state index contributed by atoms with van der Waals surface area (Å²) in [6.45, 7) is 5.32. The first-order valence-corrected chi connectivity index (χ1v) is 17.3. The van der Waals surface area contributed by atoms with Crippen LogP contribution in [0, 0.1) is 0 Å². The van der Waals surface area contributed by atoms with E-state index in [0.29, 0.717) is 6.61 Å². The van der Waals surface area contributed by atoms with Gasteiger partial charge in [0.1, 0.15) is 25.5 Å². The second-order valence-electron chi connectivity index (χ2n) is 12.1. The van der Waals surface area contributed by atoms with Gasteiger partial charge in [0, 0.05) is 6.42 Å². The Morgan fingerprint density at radius 3 is 1.93 bits per heavy atom. The molecular weight excluding hydrogens is 537 g/mol. The van der Waals surface area contributed by atoms with Gasteiger partial charge in [0.05, 0.1) is 27.7 Å². The third-order valence-corrected chi connectivity index (χ3v) is 7.89. The van der Waals surface area contributed by atoms with Crippen LogP contribution in [0.25, 0.3) is 0 Å². The van der Waals surface area contributed by atoms with E-state index < -0.39 is 14.7 Å². The molecule has 0 aliphatic carbocycles. The van der Waals surface area contributed by atoms with Gasteiger partial charge in [-0.3, -0.25) is 4.79 Å². The van der Waals surface area contributed by atoms with Gasteiger partial charge < -0.3 is 27.9 Å². The molecule has 0 aliphatic rings. The smallest absolute Gasteiger partial charge is 0.330 e. The second-order valence-corrected chi connectivity index (χ2v) is 13.1. The fourth-order valence-electron chi connectivity index (χ4n) is 4.51. The number of unbranched alkanes of at least 4 members (excludes halogenated alkanes) is 13. The van der Waals surface area contributed by atoms with E-state index in [4.69, 9.17) is 18.5 Å². The van der Waals surface area contributed by atoms with Gasteiger partial charge >= 0.3 is 14.6 Å². The number of quaternary nitrogens is 1. The van der Waals surface area contributed by atoms with Gasteiger partial charge in [-0.1, -0.05) is 116 Å². The SMILES string of the molecule is CCCCCCCCCCCCCCCCc1ccccc1OCC(COP(O)OCC[N+](C)(C)C)OC(=O)CC. The van der Waals surface area contributed by atoms with Crippen LogP contribution in [-0.2, 0) is 25.0 Å². The molecule has 238 valence electrons. The maximum Gasteiger partial charge on any atom is 0.330 e. The van der Waals surface area contributed by atoms with E-state index in [0.717, 1.165) is 29.6 Å². The number of likely N-dealkylation sites (N-methyl/N-ethyl adjacent to an activating group) is 1. The molecule has 0 saturated carbocycles. The molecule has 8 heteroatoms. The van der Waals surface area contributed by atoms with E-state index in [2.05, 4.69) is 34.1 Å². The van der Waals surface area contributed by atoms with Crippen LogP contribution in [0.2, 0.25) is 0 Å². The molecular formula is C33H61NO6P+. The number of carbonyl (C=O) groups is 1. The summed E-state index contributed by atoms with van der Waals surface area (Å²) in [5.41, 5.74) is 1.17. The number of aryl methyl sites for hydroxylation is 1. The predicted octanol–water partition coefficient (Wildman–Crippen LogP) is 8.37. The molecule has 7 nitrogen and oxygen atoms in total. The van der Waals surface area contributed by atoms with Gasteiger partial charge in [0.15, 0.2) is 6.10 Å². The summed E-state index contributed by atoms with van der Waals surface area (Å²) >= 11 is 0. The first-order valence-electron chi connectivity index (χ1n) is 16.2. The minimum Gasteiger partial charge on any atom is -0.489 e. The Labute approximate surface area is 252 Å². The van der Waals surface area contributed by atoms with E-state index in [1.165, 1.54) is 89.0 Å². The highest BCUT2D eigenvalue weighted by atomic mass is 31.2. The summed E-state index contributed by atoms with van der Waals surface area (Å²) in [4.78, 5) is 22.1. The monoisotopic (exact) mass is 598 g/mol. The van der Waals surface area contributed by atoms with Crippen molar-refractivity contribution in [2.45, 2.75) is 123 Å². The lowest BCUT2D eigenvalue weighted by molar-refractivity contribution is -0.870. The van der Waals surface area contributed by atoms with Crippen molar-refractivity contribution in [3.63, 3.8) is 0 Å². The highest BCUT2D eigenvalue weighted by Gasteiger charge is 2.20. The van der Waals surface area contributed by atoms with E-state index in [9.17, 15) is 9.69 Å². The Bertz CT molecular complexity index is 772. The number of carbonyl (C=O) groups excluding carboxylic acids is 1. The Balaban J connectivity index is 2.32. The number of benzene rings is 1. The highest BCUT2D eigenvalue weighted by molar-refractivity contribution is 7.40. The van der Waals surface area contributed by atoms with Crippen LogP contribution < -0.4 is 4.74 Å². The molecule has 0 fully saturated rings. The molecule has 1 aromatic rings. The van der Waals surface area contributed by atoms with Crippen molar-refractivity contribution in [2.75, 3.05) is 47.5 Å². The second kappa shape index (κ2) is 24.2. The van der Waals surface area contributed by atoms with Crippen molar-refractivity contribution in [3.8, 4) is 5.75 Å². The lowest BCUT2D eigenvalue weighted by Gasteiger charge is -2.24. The average molecular weight is 599 g/mol. The number of para-hydroxylation sites is 1. The quantitative estimate of drug-likeness (QED) is 0.0475. The summed E-state index contributed by atoms with van der Waals surface area (Å²) < 4.78 is 23.2. The Hall–Kier alpha value is -1.24. The average Bonchev–Trinajstić information content (AvgIpc) is 2.94. The molecule has 0 aliphatic heterocycles. The number of hydrogen-bond donors (Lipinski definition) is 1. The standard InChI is InChI=1S/C33H61NO6P/c1-6-8-9-10-11-12-13-14-15-16-17-18-19-20-23-30-24-21-22-25-32(30)37-28-31(40-33(35)7-2)29-39-41(36)38-27-26-34(3,4)5/h21-22,24-25,31,36H,6-20,23,26-29H2,1-5H3/q+1. The molecule has 1 rings (SSSR count). The lowest BCUT2D eigenvalue weighted by atomic mass is 10.0. The molecule has 0 spiro atoms. The van der Waals surface area contributed by atoms with Gasteiger partial charge in [-0.2, -0.15) is 0 Å². The van der Waals surface area contributed by atoms with E-state index in [1.54, 1.807) is 6.92 Å². The van der Waals surface area contributed by atoms with Gasteiger partial charge in [0.25, 0.3) is 0 Å². The Morgan fingerprint density at radius 2 is 1.37 bits per heavy atom. The van der Waals surface area contributed by atoms with Crippen molar-refractivity contribution in [2.24, 2.45) is 0 Å². The molecule has 2 atom stereocenters. The molecule has 1 aromatic carbocycles. The van der Waals surface area contributed by atoms with Crippen LogP contribution in [0.5, 0.6) is 5.75 Å². The van der Waals surface area contributed by atoms with Gasteiger partial charge in [-0.05, 0) is 24.5 Å². The van der Waals surface area contributed by atoms with Crippen LogP contribution in [0.4, 0.5) is 0 Å². The molecule has 0 amide bonds. The maximum absolute atomic E-state index is 12.0. The lowest BCUT2D eigenvalue weighted by Crippen LogP contribution is -2.37. The third-order valence-electron chi connectivity index (χ3n) is 7.12. The summed E-state index contributed by atoms with van der Waals surface area (Å²) in [7, 11) is 4.12. The van der Waals surface area contributed by atoms with Gasteiger partial charge in [0.2, 0.25) is 0 Å². The van der Waals surface area contributed by atoms with Crippen molar-refractivity contribution < 1.29 is 32.7 Å². The summed E-state index contributed by atoms with van der Waals surface area (Å²) in [6.07, 6.45) is 19.5. The van der Waals surface area contributed by atoms with Crippen LogP contribution in [0.1, 0.15) is 116 Å². The number of nitrogens with zero attached hydrogens (tertiary/aromatic N) is 1. The van der Waals surface area contributed by atoms with E-state index in [-0.39, 0.29) is 25.6 Å². The number of hydrogen-bond acceptors (Lipinski definition) is 6. The first-order chi connectivity index (χ1) is 19.7. The Kier molecular flexibility index (Phi) is 22.3. The fraction of sp³-hybridized carbons (Fsp3) is 0.788. The van der Waals surface area contributed by atoms with Crippen LogP contribution in [-0.4, -0.2) is 69.0 Å². The largest absolute Gasteiger partial charge is 0.489 e. The molecule has 0 heterocycles. The topological polar surface area (TPSA) is 74.2 Å². The highest BCUT2D eigenvalue weighted by Crippen LogP contribution is 2.33. The number of esters is 1. The van der Waals surface area contributed by atoms with Crippen molar-refractivity contribution >= 4 is 14.6 Å². The molecule has 2 unspecified atom stereocenters. The van der Waals surface area contributed by atoms with Gasteiger partial charge in [-0.15, -0.1) is 0 Å². The zero-order valence-corrected chi connectivity index (χ0v) is 27.8. The van der Waals surface area contributed by atoms with Crippen molar-refractivity contribution in [1.82, 2.24) is 0 Å². The molecule has 0 bridgehead atoms. The maximum atomic E-state index is 12.0. The minimum atomic E-state index is -2.05. The summed E-state index contributed by atoms with van der Waals surface area (Å²) in [6, 6.07) is 8.07. The molecule has 0 aromatic heterocycles. The Morgan fingerprint density at radius 1 is 0.805 bits per heavy atom. The van der Waals surface area contributed by atoms with Gasteiger partial charge in [-0.25, -0.2) is 0 Å². The zero-order chi connectivity index (χ0) is 30.2. The summed E-state index contributed by atoms with van der Waals surface area (Å²) in [5, 5.41) is 0. The first kappa shape index (κ1) is 37.8. The van der Waals surface area contributed by atoms with Crippen LogP contribution in [0.15, 0.2) is 24.3 Å². The molecule has 0 saturated heterocycles.